The van der Waals surface area contributed by atoms with Crippen LogP contribution >= 0.6 is 0 Å². The molecule has 0 bridgehead atoms. The molecule has 1 aliphatic rings. The normalized spacial score (nSPS) is 14.7. The number of sulfonamides is 1. The summed E-state index contributed by atoms with van der Waals surface area (Å²) in [5, 5.41) is 0. The Bertz CT molecular complexity index is 749. The quantitative estimate of drug-likeness (QED) is 0.914. The third-order valence-electron chi connectivity index (χ3n) is 3.96. The molecular formula is C17H20N2O3S. The van der Waals surface area contributed by atoms with E-state index in [1.165, 1.54) is 25.0 Å². The minimum atomic E-state index is -3.59. The van der Waals surface area contributed by atoms with Crippen molar-refractivity contribution in [1.82, 2.24) is 0 Å². The summed E-state index contributed by atoms with van der Waals surface area (Å²) < 4.78 is 32.4. The fraction of sp³-hybridized carbons (Fsp3) is 0.294. The lowest BCUT2D eigenvalue weighted by Gasteiger charge is -2.18. The molecule has 2 aromatic carbocycles. The standard InChI is InChI=1S/C17H20N2O3S/c1-22-16-8-10-17(11-9-16)23(20,21)18-14-4-6-15(7-5-14)19-12-2-3-13-19/h4-11,18H,2-3,12-13H2,1H3. The molecular weight excluding hydrogens is 312 g/mol. The van der Waals surface area contributed by atoms with Crippen LogP contribution in [0.15, 0.2) is 53.4 Å². The summed E-state index contributed by atoms with van der Waals surface area (Å²) in [5.74, 6) is 0.624. The fourth-order valence-electron chi connectivity index (χ4n) is 2.68. The van der Waals surface area contributed by atoms with Gasteiger partial charge in [0.15, 0.2) is 0 Å². The maximum absolute atomic E-state index is 12.4. The summed E-state index contributed by atoms with van der Waals surface area (Å²) in [7, 11) is -2.04. The Labute approximate surface area is 136 Å². The van der Waals surface area contributed by atoms with Crippen molar-refractivity contribution in [3.05, 3.63) is 48.5 Å². The van der Waals surface area contributed by atoms with E-state index in [-0.39, 0.29) is 4.90 Å². The smallest absolute Gasteiger partial charge is 0.261 e. The Morgan fingerprint density at radius 3 is 2.13 bits per heavy atom. The van der Waals surface area contributed by atoms with Gasteiger partial charge in [-0.2, -0.15) is 0 Å². The van der Waals surface area contributed by atoms with Crippen LogP contribution in [-0.2, 0) is 10.0 Å². The predicted molar refractivity (Wildman–Crippen MR) is 91.7 cm³/mol. The number of rotatable bonds is 5. The van der Waals surface area contributed by atoms with E-state index < -0.39 is 10.0 Å². The zero-order valence-corrected chi connectivity index (χ0v) is 13.8. The van der Waals surface area contributed by atoms with E-state index in [1.54, 1.807) is 31.4 Å². The van der Waals surface area contributed by atoms with Gasteiger partial charge in [0.1, 0.15) is 5.75 Å². The molecule has 1 heterocycles. The van der Waals surface area contributed by atoms with Crippen molar-refractivity contribution in [2.75, 3.05) is 29.8 Å². The summed E-state index contributed by atoms with van der Waals surface area (Å²) in [6, 6.07) is 13.8. The van der Waals surface area contributed by atoms with Crippen molar-refractivity contribution in [1.29, 1.82) is 0 Å². The van der Waals surface area contributed by atoms with E-state index in [2.05, 4.69) is 9.62 Å². The monoisotopic (exact) mass is 332 g/mol. The van der Waals surface area contributed by atoms with Gasteiger partial charge in [-0.3, -0.25) is 4.72 Å². The number of nitrogens with one attached hydrogen (secondary N) is 1. The lowest BCUT2D eigenvalue weighted by molar-refractivity contribution is 0.414. The van der Waals surface area contributed by atoms with Gasteiger partial charge < -0.3 is 9.64 Å². The first-order valence-corrected chi connectivity index (χ1v) is 9.09. The zero-order chi connectivity index (χ0) is 16.3. The highest BCUT2D eigenvalue weighted by atomic mass is 32.2. The van der Waals surface area contributed by atoms with Crippen LogP contribution in [0.4, 0.5) is 11.4 Å². The SMILES string of the molecule is COc1ccc(S(=O)(=O)Nc2ccc(N3CCCC3)cc2)cc1. The number of hydrogen-bond acceptors (Lipinski definition) is 4. The van der Waals surface area contributed by atoms with Gasteiger partial charge in [0.25, 0.3) is 10.0 Å². The van der Waals surface area contributed by atoms with Crippen LogP contribution in [0, 0.1) is 0 Å². The van der Waals surface area contributed by atoms with Crippen molar-refractivity contribution in [3.8, 4) is 5.75 Å². The second-order valence-corrected chi connectivity index (χ2v) is 7.20. The van der Waals surface area contributed by atoms with Crippen LogP contribution in [-0.4, -0.2) is 28.6 Å². The van der Waals surface area contributed by atoms with Gasteiger partial charge in [-0.25, -0.2) is 8.42 Å². The van der Waals surface area contributed by atoms with Gasteiger partial charge in [0, 0.05) is 24.5 Å². The molecule has 122 valence electrons. The number of hydrogen-bond donors (Lipinski definition) is 1. The van der Waals surface area contributed by atoms with Crippen molar-refractivity contribution in [2.24, 2.45) is 0 Å². The Kier molecular flexibility index (Phi) is 4.43. The lowest BCUT2D eigenvalue weighted by atomic mass is 10.2. The van der Waals surface area contributed by atoms with Crippen LogP contribution < -0.4 is 14.4 Å². The van der Waals surface area contributed by atoms with Crippen LogP contribution in [0.3, 0.4) is 0 Å². The lowest BCUT2D eigenvalue weighted by Crippen LogP contribution is -2.17. The van der Waals surface area contributed by atoms with Crippen molar-refractivity contribution < 1.29 is 13.2 Å². The second-order valence-electron chi connectivity index (χ2n) is 5.52. The largest absolute Gasteiger partial charge is 0.497 e. The first-order valence-electron chi connectivity index (χ1n) is 7.60. The summed E-state index contributed by atoms with van der Waals surface area (Å²) >= 11 is 0. The van der Waals surface area contributed by atoms with E-state index in [4.69, 9.17) is 4.74 Å². The van der Waals surface area contributed by atoms with Crippen molar-refractivity contribution >= 4 is 21.4 Å². The van der Waals surface area contributed by atoms with Crippen LogP contribution in [0.25, 0.3) is 0 Å². The van der Waals surface area contributed by atoms with Gasteiger partial charge in [0.2, 0.25) is 0 Å². The van der Waals surface area contributed by atoms with Gasteiger partial charge in [-0.15, -0.1) is 0 Å². The molecule has 5 nitrogen and oxygen atoms in total. The molecule has 2 aromatic rings. The molecule has 0 aliphatic carbocycles. The van der Waals surface area contributed by atoms with E-state index in [0.717, 1.165) is 18.8 Å². The van der Waals surface area contributed by atoms with Gasteiger partial charge >= 0.3 is 0 Å². The van der Waals surface area contributed by atoms with Crippen molar-refractivity contribution in [3.63, 3.8) is 0 Å². The Balaban J connectivity index is 1.74. The van der Waals surface area contributed by atoms with Gasteiger partial charge in [0.05, 0.1) is 12.0 Å². The maximum Gasteiger partial charge on any atom is 0.261 e. The molecule has 0 spiro atoms. The maximum atomic E-state index is 12.4. The average Bonchev–Trinajstić information content (AvgIpc) is 3.10. The summed E-state index contributed by atoms with van der Waals surface area (Å²) in [5.41, 5.74) is 1.69. The molecule has 0 radical (unpaired) electrons. The second kappa shape index (κ2) is 6.50. The number of methoxy groups -OCH3 is 1. The highest BCUT2D eigenvalue weighted by molar-refractivity contribution is 7.92. The van der Waals surface area contributed by atoms with Gasteiger partial charge in [-0.1, -0.05) is 0 Å². The molecule has 6 heteroatoms. The number of anilines is 2. The first kappa shape index (κ1) is 15.7. The van der Waals surface area contributed by atoms with E-state index in [9.17, 15) is 8.42 Å². The summed E-state index contributed by atoms with van der Waals surface area (Å²) in [6.07, 6.45) is 2.43. The highest BCUT2D eigenvalue weighted by Crippen LogP contribution is 2.24. The van der Waals surface area contributed by atoms with E-state index in [1.807, 2.05) is 12.1 Å². The Morgan fingerprint density at radius 2 is 1.57 bits per heavy atom. The van der Waals surface area contributed by atoms with Crippen LogP contribution in [0.1, 0.15) is 12.8 Å². The van der Waals surface area contributed by atoms with Crippen LogP contribution in [0.5, 0.6) is 5.75 Å². The van der Waals surface area contributed by atoms with Crippen molar-refractivity contribution in [2.45, 2.75) is 17.7 Å². The molecule has 23 heavy (non-hydrogen) atoms. The van der Waals surface area contributed by atoms with E-state index in [0.29, 0.717) is 11.4 Å². The molecule has 1 aliphatic heterocycles. The molecule has 0 saturated carbocycles. The first-order chi connectivity index (χ1) is 11.1. The fourth-order valence-corrected chi connectivity index (χ4v) is 3.74. The van der Waals surface area contributed by atoms with Gasteiger partial charge in [-0.05, 0) is 61.4 Å². The molecule has 0 unspecified atom stereocenters. The summed E-state index contributed by atoms with van der Waals surface area (Å²) in [4.78, 5) is 2.52. The number of ether oxygens (including phenoxy) is 1. The third-order valence-corrected chi connectivity index (χ3v) is 5.36. The average molecular weight is 332 g/mol. The highest BCUT2D eigenvalue weighted by Gasteiger charge is 2.15. The summed E-state index contributed by atoms with van der Waals surface area (Å²) in [6.45, 7) is 2.13. The minimum absolute atomic E-state index is 0.210. The molecule has 0 amide bonds. The number of benzene rings is 2. The van der Waals surface area contributed by atoms with Crippen LogP contribution in [0.2, 0.25) is 0 Å². The molecule has 1 fully saturated rings. The molecule has 0 aromatic heterocycles. The molecule has 1 N–H and O–H groups in total. The van der Waals surface area contributed by atoms with E-state index >= 15 is 0 Å². The Morgan fingerprint density at radius 1 is 0.957 bits per heavy atom. The Hall–Kier alpha value is -2.21. The topological polar surface area (TPSA) is 58.6 Å². The zero-order valence-electron chi connectivity index (χ0n) is 13.0. The third kappa shape index (κ3) is 3.59. The molecule has 1 saturated heterocycles. The number of nitrogens with zero attached hydrogens (tertiary/aromatic N) is 1. The molecule has 0 atom stereocenters. The predicted octanol–water partition coefficient (Wildman–Crippen LogP) is 3.10. The minimum Gasteiger partial charge on any atom is -0.497 e. The molecule has 3 rings (SSSR count).